The third-order valence-corrected chi connectivity index (χ3v) is 5.66. The Balaban J connectivity index is 1.42. The number of hydrogen-bond acceptors (Lipinski definition) is 4. The van der Waals surface area contributed by atoms with Gasteiger partial charge < -0.3 is 14.8 Å². The molecule has 1 aromatic carbocycles. The number of aromatic nitrogens is 2. The number of carbonyl (C=O) groups is 2. The van der Waals surface area contributed by atoms with Crippen LogP contribution >= 0.6 is 11.6 Å². The number of anilines is 1. The molecule has 2 aromatic rings. The first-order chi connectivity index (χ1) is 13.5. The Morgan fingerprint density at radius 1 is 1.25 bits per heavy atom. The summed E-state index contributed by atoms with van der Waals surface area (Å²) < 4.78 is 1.86. The number of nitrogens with zero attached hydrogens (tertiary/aromatic N) is 4. The molecule has 146 valence electrons. The summed E-state index contributed by atoms with van der Waals surface area (Å²) in [7, 11) is 2.05. The summed E-state index contributed by atoms with van der Waals surface area (Å²) in [6.45, 7) is 2.54. The molecule has 8 heteroatoms. The second kappa shape index (κ2) is 7.77. The number of para-hydroxylation sites is 1. The van der Waals surface area contributed by atoms with E-state index in [1.165, 1.54) is 0 Å². The van der Waals surface area contributed by atoms with Crippen molar-refractivity contribution in [2.24, 2.45) is 0 Å². The SMILES string of the molecule is CN1CCC1/C=C/C(=O)N1CCn2c(C(=O)Nc3ccccc3Cl)cnc2C1. The highest BCUT2D eigenvalue weighted by atomic mass is 35.5. The van der Waals surface area contributed by atoms with Crippen LogP contribution in [0.25, 0.3) is 0 Å². The Bertz CT molecular complexity index is 938. The van der Waals surface area contributed by atoms with E-state index in [9.17, 15) is 9.59 Å². The predicted molar refractivity (Wildman–Crippen MR) is 107 cm³/mol. The van der Waals surface area contributed by atoms with Gasteiger partial charge in [-0.1, -0.05) is 29.8 Å². The number of imidazole rings is 1. The van der Waals surface area contributed by atoms with Gasteiger partial charge in [-0.15, -0.1) is 0 Å². The van der Waals surface area contributed by atoms with Crippen LogP contribution in [0.2, 0.25) is 5.02 Å². The Hall–Kier alpha value is -2.64. The third-order valence-electron chi connectivity index (χ3n) is 5.34. The maximum absolute atomic E-state index is 12.6. The lowest BCUT2D eigenvalue weighted by Crippen LogP contribution is -2.43. The van der Waals surface area contributed by atoms with Crippen LogP contribution in [0.1, 0.15) is 22.7 Å². The number of hydrogen-bond donors (Lipinski definition) is 1. The number of carbonyl (C=O) groups excluding carboxylic acids is 2. The van der Waals surface area contributed by atoms with Gasteiger partial charge in [-0.25, -0.2) is 4.98 Å². The first-order valence-electron chi connectivity index (χ1n) is 9.30. The number of nitrogens with one attached hydrogen (secondary N) is 1. The van der Waals surface area contributed by atoms with E-state index in [1.807, 2.05) is 22.8 Å². The van der Waals surface area contributed by atoms with E-state index in [0.717, 1.165) is 13.0 Å². The smallest absolute Gasteiger partial charge is 0.273 e. The van der Waals surface area contributed by atoms with E-state index < -0.39 is 0 Å². The van der Waals surface area contributed by atoms with E-state index in [0.29, 0.717) is 47.9 Å². The largest absolute Gasteiger partial charge is 0.330 e. The first kappa shape index (κ1) is 18.7. The fraction of sp³-hybridized carbons (Fsp3) is 0.350. The molecule has 7 nitrogen and oxygen atoms in total. The molecule has 28 heavy (non-hydrogen) atoms. The quantitative estimate of drug-likeness (QED) is 0.801. The van der Waals surface area contributed by atoms with E-state index in [4.69, 9.17) is 11.6 Å². The number of likely N-dealkylation sites (tertiary alicyclic amines) is 1. The van der Waals surface area contributed by atoms with Crippen LogP contribution < -0.4 is 5.32 Å². The Morgan fingerprint density at radius 3 is 2.79 bits per heavy atom. The van der Waals surface area contributed by atoms with Crippen LogP contribution in [0.15, 0.2) is 42.6 Å². The Morgan fingerprint density at radius 2 is 2.07 bits per heavy atom. The van der Waals surface area contributed by atoms with E-state index >= 15 is 0 Å². The minimum absolute atomic E-state index is 0.0170. The van der Waals surface area contributed by atoms with E-state index in [2.05, 4.69) is 22.2 Å². The normalized spacial score (nSPS) is 19.4. The second-order valence-electron chi connectivity index (χ2n) is 7.10. The van der Waals surface area contributed by atoms with Gasteiger partial charge in [0.1, 0.15) is 11.5 Å². The number of fused-ring (bicyclic) bond motifs is 1. The van der Waals surface area contributed by atoms with E-state index in [1.54, 1.807) is 29.3 Å². The highest BCUT2D eigenvalue weighted by molar-refractivity contribution is 6.33. The van der Waals surface area contributed by atoms with Crippen molar-refractivity contribution in [3.8, 4) is 0 Å². The highest BCUT2D eigenvalue weighted by Gasteiger charge is 2.26. The van der Waals surface area contributed by atoms with Crippen LogP contribution in [0.3, 0.4) is 0 Å². The zero-order valence-corrected chi connectivity index (χ0v) is 16.4. The summed E-state index contributed by atoms with van der Waals surface area (Å²) in [6.07, 6.45) is 6.27. The zero-order valence-electron chi connectivity index (χ0n) is 15.6. The van der Waals surface area contributed by atoms with Crippen molar-refractivity contribution in [2.45, 2.75) is 25.6 Å². The number of rotatable bonds is 4. The molecule has 0 spiro atoms. The lowest BCUT2D eigenvalue weighted by atomic mass is 10.0. The van der Waals surface area contributed by atoms with Crippen LogP contribution in [-0.2, 0) is 17.9 Å². The number of halogens is 1. The molecule has 1 unspecified atom stereocenters. The zero-order chi connectivity index (χ0) is 19.7. The molecule has 1 aromatic heterocycles. The molecule has 3 heterocycles. The van der Waals surface area contributed by atoms with Gasteiger partial charge in [-0.3, -0.25) is 14.5 Å². The van der Waals surface area contributed by atoms with Crippen molar-refractivity contribution >= 4 is 29.1 Å². The van der Waals surface area contributed by atoms with Gasteiger partial charge in [0.2, 0.25) is 5.91 Å². The average Bonchev–Trinajstić information content (AvgIpc) is 3.12. The van der Waals surface area contributed by atoms with Gasteiger partial charge >= 0.3 is 0 Å². The van der Waals surface area contributed by atoms with Crippen molar-refractivity contribution in [1.82, 2.24) is 19.4 Å². The standard InChI is InChI=1S/C20H22ClN5O2/c1-24-9-8-14(24)6-7-19(27)25-10-11-26-17(12-22-18(26)13-25)20(28)23-16-5-3-2-4-15(16)21/h2-7,12,14H,8-11,13H2,1H3,(H,23,28)/b7-6+. The molecule has 1 atom stereocenters. The molecule has 0 aliphatic carbocycles. The summed E-state index contributed by atoms with van der Waals surface area (Å²) >= 11 is 6.11. The van der Waals surface area contributed by atoms with Crippen LogP contribution in [0.4, 0.5) is 5.69 Å². The van der Waals surface area contributed by atoms with E-state index in [-0.39, 0.29) is 11.8 Å². The van der Waals surface area contributed by atoms with Gasteiger partial charge in [-0.2, -0.15) is 0 Å². The molecule has 1 N–H and O–H groups in total. The number of amides is 2. The van der Waals surface area contributed by atoms with Gasteiger partial charge in [0.15, 0.2) is 0 Å². The molecule has 1 saturated heterocycles. The average molecular weight is 400 g/mol. The van der Waals surface area contributed by atoms with Gasteiger partial charge in [0.05, 0.1) is 23.5 Å². The molecule has 4 rings (SSSR count). The summed E-state index contributed by atoms with van der Waals surface area (Å²) in [5.41, 5.74) is 1.03. The topological polar surface area (TPSA) is 70.5 Å². The van der Waals surface area contributed by atoms with Crippen molar-refractivity contribution in [2.75, 3.05) is 25.5 Å². The molecule has 2 aliphatic heterocycles. The molecule has 0 radical (unpaired) electrons. The number of likely N-dealkylation sites (N-methyl/N-ethyl adjacent to an activating group) is 1. The third kappa shape index (κ3) is 3.68. The summed E-state index contributed by atoms with van der Waals surface area (Å²) in [5, 5.41) is 3.30. The maximum atomic E-state index is 12.6. The monoisotopic (exact) mass is 399 g/mol. The van der Waals surface area contributed by atoms with Crippen LogP contribution in [0.5, 0.6) is 0 Å². The lowest BCUT2D eigenvalue weighted by molar-refractivity contribution is -0.127. The fourth-order valence-corrected chi connectivity index (χ4v) is 3.64. The first-order valence-corrected chi connectivity index (χ1v) is 9.68. The van der Waals surface area contributed by atoms with Crippen molar-refractivity contribution in [1.29, 1.82) is 0 Å². The molecule has 0 bridgehead atoms. The molecule has 2 amide bonds. The lowest BCUT2D eigenvalue weighted by Gasteiger charge is -2.35. The summed E-state index contributed by atoms with van der Waals surface area (Å²) in [4.78, 5) is 33.4. The van der Waals surface area contributed by atoms with Gasteiger partial charge in [0.25, 0.3) is 5.91 Å². The van der Waals surface area contributed by atoms with Crippen LogP contribution in [-0.4, -0.2) is 57.3 Å². The fourth-order valence-electron chi connectivity index (χ4n) is 3.46. The molecular formula is C20H22ClN5O2. The molecular weight excluding hydrogens is 378 g/mol. The Kier molecular flexibility index (Phi) is 5.19. The summed E-state index contributed by atoms with van der Waals surface area (Å²) in [5.74, 6) is 0.425. The van der Waals surface area contributed by atoms with Crippen LogP contribution in [0, 0.1) is 0 Å². The molecule has 0 saturated carbocycles. The molecule has 2 aliphatic rings. The van der Waals surface area contributed by atoms with Crippen molar-refractivity contribution < 1.29 is 9.59 Å². The molecule has 1 fully saturated rings. The van der Waals surface area contributed by atoms with Crippen molar-refractivity contribution in [3.05, 3.63) is 59.2 Å². The summed E-state index contributed by atoms with van der Waals surface area (Å²) in [6, 6.07) is 7.45. The van der Waals surface area contributed by atoms with Gasteiger partial charge in [-0.05, 0) is 25.6 Å². The number of benzene rings is 1. The minimum Gasteiger partial charge on any atom is -0.330 e. The van der Waals surface area contributed by atoms with Crippen molar-refractivity contribution in [3.63, 3.8) is 0 Å². The predicted octanol–water partition coefficient (Wildman–Crippen LogP) is 2.39. The Labute approximate surface area is 168 Å². The highest BCUT2D eigenvalue weighted by Crippen LogP contribution is 2.22. The van der Waals surface area contributed by atoms with Gasteiger partial charge in [0, 0.05) is 31.8 Å². The maximum Gasteiger partial charge on any atom is 0.273 e. The minimum atomic E-state index is -0.264. The second-order valence-corrected chi connectivity index (χ2v) is 7.51.